The molecule has 2 heterocycles. The number of hydrogen-bond donors (Lipinski definition) is 1. The minimum Gasteiger partial charge on any atom is -0.321 e. The summed E-state index contributed by atoms with van der Waals surface area (Å²) >= 11 is 1.33. The number of hydrogen-bond acceptors (Lipinski definition) is 6. The lowest BCUT2D eigenvalue weighted by Crippen LogP contribution is -2.12. The van der Waals surface area contributed by atoms with Gasteiger partial charge in [0.05, 0.1) is 5.69 Å². The molecule has 0 saturated heterocycles. The summed E-state index contributed by atoms with van der Waals surface area (Å²) in [5.41, 5.74) is 2.39. The average molecular weight is 380 g/mol. The van der Waals surface area contributed by atoms with E-state index in [0.29, 0.717) is 22.2 Å². The van der Waals surface area contributed by atoms with Gasteiger partial charge in [-0.25, -0.2) is 9.37 Å². The van der Waals surface area contributed by atoms with Crippen molar-refractivity contribution < 1.29 is 9.18 Å². The van der Waals surface area contributed by atoms with Crippen molar-refractivity contribution in [2.24, 2.45) is 0 Å². The van der Waals surface area contributed by atoms with Crippen molar-refractivity contribution >= 4 is 22.9 Å². The van der Waals surface area contributed by atoms with Gasteiger partial charge in [0.1, 0.15) is 16.5 Å². The molecule has 0 aliphatic carbocycles. The molecule has 1 amide bonds. The van der Waals surface area contributed by atoms with Gasteiger partial charge in [-0.2, -0.15) is 4.68 Å². The summed E-state index contributed by atoms with van der Waals surface area (Å²) in [4.78, 5) is 16.8. The Hall–Kier alpha value is -3.46. The third-order valence-electron chi connectivity index (χ3n) is 3.80. The van der Waals surface area contributed by atoms with Crippen LogP contribution < -0.4 is 5.32 Å². The standard InChI is InChI=1S/C18H13FN6OS/c1-11-22-23-24-25(11)15-4-2-3-14(9-15)20-17(26)16-10-27-18(21-16)12-5-7-13(19)8-6-12/h2-10H,1H3,(H,20,26). The van der Waals surface area contributed by atoms with Crippen molar-refractivity contribution in [3.63, 3.8) is 0 Å². The molecule has 0 fully saturated rings. The van der Waals surface area contributed by atoms with E-state index in [0.717, 1.165) is 11.3 Å². The van der Waals surface area contributed by atoms with Crippen LogP contribution in [0.15, 0.2) is 53.9 Å². The Morgan fingerprint density at radius 3 is 2.74 bits per heavy atom. The van der Waals surface area contributed by atoms with Gasteiger partial charge in [0.2, 0.25) is 0 Å². The summed E-state index contributed by atoms with van der Waals surface area (Å²) in [6.45, 7) is 1.79. The number of carbonyl (C=O) groups is 1. The number of aryl methyl sites for hydroxylation is 1. The first-order chi connectivity index (χ1) is 13.1. The van der Waals surface area contributed by atoms with E-state index < -0.39 is 0 Å². The number of rotatable bonds is 4. The van der Waals surface area contributed by atoms with E-state index in [2.05, 4.69) is 25.8 Å². The normalized spacial score (nSPS) is 10.7. The van der Waals surface area contributed by atoms with Crippen LogP contribution >= 0.6 is 11.3 Å². The molecule has 1 N–H and O–H groups in total. The maximum Gasteiger partial charge on any atom is 0.275 e. The second-order valence-corrected chi connectivity index (χ2v) is 6.55. The lowest BCUT2D eigenvalue weighted by molar-refractivity contribution is 0.102. The van der Waals surface area contributed by atoms with E-state index in [1.165, 1.54) is 23.5 Å². The topological polar surface area (TPSA) is 85.6 Å². The van der Waals surface area contributed by atoms with E-state index in [-0.39, 0.29) is 11.7 Å². The highest BCUT2D eigenvalue weighted by Crippen LogP contribution is 2.24. The van der Waals surface area contributed by atoms with Crippen LogP contribution in [0.3, 0.4) is 0 Å². The van der Waals surface area contributed by atoms with Crippen molar-refractivity contribution in [3.8, 4) is 16.3 Å². The number of aromatic nitrogens is 5. The summed E-state index contributed by atoms with van der Waals surface area (Å²) in [7, 11) is 0. The largest absolute Gasteiger partial charge is 0.321 e. The number of carbonyl (C=O) groups excluding carboxylic acids is 1. The van der Waals surface area contributed by atoms with Crippen LogP contribution in [0.25, 0.3) is 16.3 Å². The molecule has 134 valence electrons. The van der Waals surface area contributed by atoms with Gasteiger partial charge < -0.3 is 5.32 Å². The molecule has 0 atom stereocenters. The van der Waals surface area contributed by atoms with Crippen molar-refractivity contribution in [2.75, 3.05) is 5.32 Å². The highest BCUT2D eigenvalue weighted by Gasteiger charge is 2.13. The third-order valence-corrected chi connectivity index (χ3v) is 4.69. The molecule has 4 rings (SSSR count). The van der Waals surface area contributed by atoms with E-state index in [1.54, 1.807) is 47.3 Å². The van der Waals surface area contributed by atoms with E-state index >= 15 is 0 Å². The van der Waals surface area contributed by atoms with Crippen molar-refractivity contribution in [3.05, 3.63) is 71.2 Å². The van der Waals surface area contributed by atoms with E-state index in [1.807, 2.05) is 6.07 Å². The Kier molecular flexibility index (Phi) is 4.43. The predicted molar refractivity (Wildman–Crippen MR) is 99.4 cm³/mol. The van der Waals surface area contributed by atoms with Gasteiger partial charge in [0.15, 0.2) is 5.82 Å². The number of nitrogens with one attached hydrogen (secondary N) is 1. The fraction of sp³-hybridized carbons (Fsp3) is 0.0556. The number of tetrazole rings is 1. The SMILES string of the molecule is Cc1nnnn1-c1cccc(NC(=O)c2csc(-c3ccc(F)cc3)n2)c1. The van der Waals surface area contributed by atoms with Crippen molar-refractivity contribution in [1.29, 1.82) is 0 Å². The maximum absolute atomic E-state index is 13.0. The van der Waals surface area contributed by atoms with Crippen molar-refractivity contribution in [2.45, 2.75) is 6.92 Å². The van der Waals surface area contributed by atoms with Crippen LogP contribution in [-0.4, -0.2) is 31.1 Å². The summed E-state index contributed by atoms with van der Waals surface area (Å²) in [5, 5.41) is 16.5. The third kappa shape index (κ3) is 3.58. The molecule has 0 unspecified atom stereocenters. The lowest BCUT2D eigenvalue weighted by atomic mass is 10.2. The molecule has 7 nitrogen and oxygen atoms in total. The molecule has 0 spiro atoms. The second kappa shape index (κ2) is 7.04. The Morgan fingerprint density at radius 2 is 2.00 bits per heavy atom. The Morgan fingerprint density at radius 1 is 1.19 bits per heavy atom. The molecule has 0 aliphatic heterocycles. The highest BCUT2D eigenvalue weighted by atomic mass is 32.1. The number of amides is 1. The first-order valence-corrected chi connectivity index (χ1v) is 8.86. The lowest BCUT2D eigenvalue weighted by Gasteiger charge is -2.06. The monoisotopic (exact) mass is 380 g/mol. The molecule has 0 bridgehead atoms. The van der Waals surface area contributed by atoms with Gasteiger partial charge in [-0.05, 0) is 59.8 Å². The molecular formula is C18H13FN6OS. The van der Waals surface area contributed by atoms with Crippen LogP contribution in [0, 0.1) is 12.7 Å². The first-order valence-electron chi connectivity index (χ1n) is 7.98. The van der Waals surface area contributed by atoms with Gasteiger partial charge in [-0.3, -0.25) is 4.79 Å². The molecule has 2 aromatic heterocycles. The van der Waals surface area contributed by atoms with Crippen LogP contribution in [0.4, 0.5) is 10.1 Å². The number of benzene rings is 2. The molecule has 4 aromatic rings. The molecule has 0 saturated carbocycles. The van der Waals surface area contributed by atoms with Gasteiger partial charge in [-0.1, -0.05) is 6.07 Å². The Bertz CT molecular complexity index is 1110. The van der Waals surface area contributed by atoms with Gasteiger partial charge in [-0.15, -0.1) is 16.4 Å². The Balaban J connectivity index is 1.53. The Labute approximate surface area is 157 Å². The predicted octanol–water partition coefficient (Wildman–Crippen LogP) is 3.49. The summed E-state index contributed by atoms with van der Waals surface area (Å²) in [5.74, 6) is -0.00177. The van der Waals surface area contributed by atoms with Crippen LogP contribution in [0.2, 0.25) is 0 Å². The van der Waals surface area contributed by atoms with Gasteiger partial charge in [0.25, 0.3) is 5.91 Å². The summed E-state index contributed by atoms with van der Waals surface area (Å²) < 4.78 is 14.6. The molecule has 0 radical (unpaired) electrons. The number of halogens is 1. The smallest absolute Gasteiger partial charge is 0.275 e. The maximum atomic E-state index is 13.0. The fourth-order valence-corrected chi connectivity index (χ4v) is 3.29. The van der Waals surface area contributed by atoms with Crippen LogP contribution in [-0.2, 0) is 0 Å². The molecular weight excluding hydrogens is 367 g/mol. The van der Waals surface area contributed by atoms with Gasteiger partial charge >= 0.3 is 0 Å². The second-order valence-electron chi connectivity index (χ2n) is 5.69. The van der Waals surface area contributed by atoms with E-state index in [4.69, 9.17) is 0 Å². The minimum absolute atomic E-state index is 0.295. The van der Waals surface area contributed by atoms with Crippen LogP contribution in [0.1, 0.15) is 16.3 Å². The van der Waals surface area contributed by atoms with E-state index in [9.17, 15) is 9.18 Å². The molecule has 27 heavy (non-hydrogen) atoms. The first kappa shape index (κ1) is 17.0. The quantitative estimate of drug-likeness (QED) is 0.586. The van der Waals surface area contributed by atoms with Crippen LogP contribution in [0.5, 0.6) is 0 Å². The molecule has 0 aliphatic rings. The highest BCUT2D eigenvalue weighted by molar-refractivity contribution is 7.13. The summed E-state index contributed by atoms with van der Waals surface area (Å²) in [6.07, 6.45) is 0. The fourth-order valence-electron chi connectivity index (χ4n) is 2.48. The number of nitrogens with zero attached hydrogens (tertiary/aromatic N) is 5. The molecule has 9 heteroatoms. The average Bonchev–Trinajstić information content (AvgIpc) is 3.32. The van der Waals surface area contributed by atoms with Gasteiger partial charge in [0, 0.05) is 16.6 Å². The van der Waals surface area contributed by atoms with Crippen molar-refractivity contribution in [1.82, 2.24) is 25.2 Å². The zero-order chi connectivity index (χ0) is 18.8. The minimum atomic E-state index is -0.329. The number of anilines is 1. The zero-order valence-corrected chi connectivity index (χ0v) is 14.9. The summed E-state index contributed by atoms with van der Waals surface area (Å²) in [6, 6.07) is 13.2. The molecule has 2 aromatic carbocycles. The number of thiazole rings is 1. The zero-order valence-electron chi connectivity index (χ0n) is 14.1.